The molecule has 2 aliphatic rings. The summed E-state index contributed by atoms with van der Waals surface area (Å²) in [6.07, 6.45) is 2.91. The number of urea groups is 1. The van der Waals surface area contributed by atoms with Gasteiger partial charge in [-0.25, -0.2) is 4.79 Å². The monoisotopic (exact) mass is 226 g/mol. The number of nitrogens with one attached hydrogen (secondary N) is 1. The zero-order valence-electron chi connectivity index (χ0n) is 10.2. The average molecular weight is 226 g/mol. The Bertz CT molecular complexity index is 278. The molecule has 0 radical (unpaired) electrons. The van der Waals surface area contributed by atoms with Gasteiger partial charge in [0.15, 0.2) is 0 Å². The van der Waals surface area contributed by atoms with Gasteiger partial charge in [-0.1, -0.05) is 6.92 Å². The number of likely N-dealkylation sites (tertiary alicyclic amines) is 1. The SMILES string of the molecule is CC1CC1CNC(=O)N1CCCC(C)(O)C1. The van der Waals surface area contributed by atoms with Crippen LogP contribution in [0.3, 0.4) is 0 Å². The number of hydrogen-bond donors (Lipinski definition) is 2. The summed E-state index contributed by atoms with van der Waals surface area (Å²) in [5, 5.41) is 12.9. The van der Waals surface area contributed by atoms with Gasteiger partial charge in [-0.15, -0.1) is 0 Å². The first kappa shape index (κ1) is 11.7. The van der Waals surface area contributed by atoms with Crippen LogP contribution in [0, 0.1) is 11.8 Å². The molecule has 0 spiro atoms. The van der Waals surface area contributed by atoms with Crippen LogP contribution >= 0.6 is 0 Å². The predicted octanol–water partition coefficient (Wildman–Crippen LogP) is 1.20. The number of hydrogen-bond acceptors (Lipinski definition) is 2. The van der Waals surface area contributed by atoms with Crippen LogP contribution in [0.15, 0.2) is 0 Å². The molecule has 0 aromatic heterocycles. The topological polar surface area (TPSA) is 52.6 Å². The molecule has 2 N–H and O–H groups in total. The quantitative estimate of drug-likeness (QED) is 0.743. The Morgan fingerprint density at radius 2 is 2.31 bits per heavy atom. The third-order valence-corrected chi connectivity index (χ3v) is 3.75. The van der Waals surface area contributed by atoms with Crippen molar-refractivity contribution in [1.29, 1.82) is 0 Å². The number of nitrogens with zero attached hydrogens (tertiary/aromatic N) is 1. The lowest BCUT2D eigenvalue weighted by Gasteiger charge is -2.36. The Balaban J connectivity index is 1.75. The summed E-state index contributed by atoms with van der Waals surface area (Å²) in [7, 11) is 0. The van der Waals surface area contributed by atoms with Crippen molar-refractivity contribution in [2.75, 3.05) is 19.6 Å². The highest BCUT2D eigenvalue weighted by atomic mass is 16.3. The zero-order valence-corrected chi connectivity index (χ0v) is 10.2. The predicted molar refractivity (Wildman–Crippen MR) is 62.1 cm³/mol. The van der Waals surface area contributed by atoms with Gasteiger partial charge in [0, 0.05) is 13.1 Å². The number of aliphatic hydroxyl groups is 1. The highest BCUT2D eigenvalue weighted by molar-refractivity contribution is 5.74. The first-order valence-electron chi connectivity index (χ1n) is 6.23. The van der Waals surface area contributed by atoms with Gasteiger partial charge in [0.1, 0.15) is 0 Å². The summed E-state index contributed by atoms with van der Waals surface area (Å²) in [6, 6.07) is -0.0147. The van der Waals surface area contributed by atoms with Gasteiger partial charge >= 0.3 is 6.03 Å². The summed E-state index contributed by atoms with van der Waals surface area (Å²) >= 11 is 0. The molecule has 2 fully saturated rings. The molecule has 0 aromatic rings. The molecule has 4 heteroatoms. The number of amides is 2. The van der Waals surface area contributed by atoms with Crippen molar-refractivity contribution >= 4 is 6.03 Å². The first-order valence-corrected chi connectivity index (χ1v) is 6.23. The molecule has 3 unspecified atom stereocenters. The number of rotatable bonds is 2. The molecular weight excluding hydrogens is 204 g/mol. The molecule has 0 aromatic carbocycles. The van der Waals surface area contributed by atoms with Gasteiger partial charge in [-0.05, 0) is 38.0 Å². The van der Waals surface area contributed by atoms with E-state index in [1.54, 1.807) is 11.8 Å². The van der Waals surface area contributed by atoms with E-state index in [1.807, 2.05) is 0 Å². The smallest absolute Gasteiger partial charge is 0.317 e. The van der Waals surface area contributed by atoms with E-state index >= 15 is 0 Å². The fourth-order valence-corrected chi connectivity index (χ4v) is 2.41. The molecule has 16 heavy (non-hydrogen) atoms. The fourth-order valence-electron chi connectivity index (χ4n) is 2.41. The minimum absolute atomic E-state index is 0.0147. The second-order valence-corrected chi connectivity index (χ2v) is 5.68. The number of β-amino-alcohol motifs (C(OH)–C–C–N with tert-alkyl or cyclic N) is 1. The van der Waals surface area contributed by atoms with E-state index in [-0.39, 0.29) is 6.03 Å². The number of piperidine rings is 1. The van der Waals surface area contributed by atoms with Crippen molar-refractivity contribution in [2.45, 2.75) is 38.7 Å². The van der Waals surface area contributed by atoms with Crippen molar-refractivity contribution in [3.63, 3.8) is 0 Å². The molecule has 1 heterocycles. The van der Waals surface area contributed by atoms with Gasteiger partial charge in [-0.3, -0.25) is 0 Å². The Hall–Kier alpha value is -0.770. The molecule has 4 nitrogen and oxygen atoms in total. The normalized spacial score (nSPS) is 38.3. The lowest BCUT2D eigenvalue weighted by Crippen LogP contribution is -2.52. The van der Waals surface area contributed by atoms with E-state index in [0.29, 0.717) is 12.5 Å². The van der Waals surface area contributed by atoms with E-state index in [9.17, 15) is 9.90 Å². The molecule has 2 rings (SSSR count). The minimum Gasteiger partial charge on any atom is -0.388 e. The Morgan fingerprint density at radius 3 is 2.88 bits per heavy atom. The van der Waals surface area contributed by atoms with E-state index in [1.165, 1.54) is 6.42 Å². The van der Waals surface area contributed by atoms with Crippen LogP contribution in [0.4, 0.5) is 4.79 Å². The standard InChI is InChI=1S/C12H22N2O2/c1-9-6-10(9)7-13-11(15)14-5-3-4-12(2,16)8-14/h9-10,16H,3-8H2,1-2H3,(H,13,15). The second-order valence-electron chi connectivity index (χ2n) is 5.68. The Morgan fingerprint density at radius 1 is 1.62 bits per heavy atom. The van der Waals surface area contributed by atoms with E-state index in [4.69, 9.17) is 0 Å². The van der Waals surface area contributed by atoms with Gasteiger partial charge in [0.25, 0.3) is 0 Å². The summed E-state index contributed by atoms with van der Waals surface area (Å²) in [6.45, 7) is 6.03. The molecule has 92 valence electrons. The lowest BCUT2D eigenvalue weighted by molar-refractivity contribution is -0.00250. The molecule has 1 aliphatic heterocycles. The average Bonchev–Trinajstić information content (AvgIpc) is 2.89. The van der Waals surface area contributed by atoms with Crippen LogP contribution in [0.25, 0.3) is 0 Å². The third kappa shape index (κ3) is 2.88. The van der Waals surface area contributed by atoms with Crippen molar-refractivity contribution in [1.82, 2.24) is 10.2 Å². The third-order valence-electron chi connectivity index (χ3n) is 3.75. The van der Waals surface area contributed by atoms with Crippen LogP contribution in [0.1, 0.15) is 33.1 Å². The second kappa shape index (κ2) is 4.24. The molecule has 1 saturated heterocycles. The Labute approximate surface area is 97.0 Å². The summed E-state index contributed by atoms with van der Waals surface area (Å²) in [4.78, 5) is 13.6. The molecule has 3 atom stereocenters. The first-order chi connectivity index (χ1) is 7.48. The summed E-state index contributed by atoms with van der Waals surface area (Å²) in [5.41, 5.74) is -0.706. The molecule has 1 saturated carbocycles. The van der Waals surface area contributed by atoms with Crippen LogP contribution in [-0.2, 0) is 0 Å². The number of carbonyl (C=O) groups is 1. The van der Waals surface area contributed by atoms with Crippen molar-refractivity contribution < 1.29 is 9.90 Å². The van der Waals surface area contributed by atoms with E-state index in [2.05, 4.69) is 12.2 Å². The van der Waals surface area contributed by atoms with Crippen LogP contribution < -0.4 is 5.32 Å². The molecular formula is C12H22N2O2. The van der Waals surface area contributed by atoms with Crippen LogP contribution in [0.5, 0.6) is 0 Å². The fraction of sp³-hybridized carbons (Fsp3) is 0.917. The van der Waals surface area contributed by atoms with Crippen LogP contribution in [0.2, 0.25) is 0 Å². The maximum absolute atomic E-state index is 11.8. The molecule has 2 amide bonds. The zero-order chi connectivity index (χ0) is 11.8. The van der Waals surface area contributed by atoms with Gasteiger partial charge in [-0.2, -0.15) is 0 Å². The minimum atomic E-state index is -0.706. The van der Waals surface area contributed by atoms with Gasteiger partial charge in [0.05, 0.1) is 12.1 Å². The van der Waals surface area contributed by atoms with E-state index < -0.39 is 5.60 Å². The largest absolute Gasteiger partial charge is 0.388 e. The van der Waals surface area contributed by atoms with Gasteiger partial charge < -0.3 is 15.3 Å². The van der Waals surface area contributed by atoms with Crippen molar-refractivity contribution in [3.8, 4) is 0 Å². The van der Waals surface area contributed by atoms with Crippen molar-refractivity contribution in [2.24, 2.45) is 11.8 Å². The van der Waals surface area contributed by atoms with Crippen LogP contribution in [-0.4, -0.2) is 41.3 Å². The summed E-state index contributed by atoms with van der Waals surface area (Å²) < 4.78 is 0. The highest BCUT2D eigenvalue weighted by Crippen LogP contribution is 2.36. The molecule has 0 bridgehead atoms. The summed E-state index contributed by atoms with van der Waals surface area (Å²) in [5.74, 6) is 1.44. The Kier molecular flexibility index (Phi) is 3.10. The molecule has 1 aliphatic carbocycles. The van der Waals surface area contributed by atoms with Crippen molar-refractivity contribution in [3.05, 3.63) is 0 Å². The lowest BCUT2D eigenvalue weighted by atomic mass is 9.95. The highest BCUT2D eigenvalue weighted by Gasteiger charge is 2.34. The van der Waals surface area contributed by atoms with E-state index in [0.717, 1.165) is 31.8 Å². The van der Waals surface area contributed by atoms with Gasteiger partial charge in [0.2, 0.25) is 0 Å². The number of carbonyl (C=O) groups excluding carboxylic acids is 1. The maximum atomic E-state index is 11.8. The maximum Gasteiger partial charge on any atom is 0.317 e.